The van der Waals surface area contributed by atoms with Gasteiger partial charge in [-0.15, -0.1) is 0 Å². The molecule has 3 N–H and O–H groups in total. The number of rotatable bonds is 3. The molecule has 7 heteroatoms. The van der Waals surface area contributed by atoms with Crippen molar-refractivity contribution in [1.29, 1.82) is 0 Å². The Morgan fingerprint density at radius 3 is 2.61 bits per heavy atom. The van der Waals surface area contributed by atoms with E-state index in [2.05, 4.69) is 5.32 Å². The van der Waals surface area contributed by atoms with E-state index in [0.717, 1.165) is 0 Å². The Morgan fingerprint density at radius 2 is 2.11 bits per heavy atom. The van der Waals surface area contributed by atoms with E-state index in [-0.39, 0.29) is 16.3 Å². The van der Waals surface area contributed by atoms with Crippen LogP contribution in [-0.2, 0) is 0 Å². The largest absolute Gasteiger partial charge is 0.398 e. The van der Waals surface area contributed by atoms with Gasteiger partial charge in [-0.3, -0.25) is 4.79 Å². The molecule has 0 saturated heterocycles. The lowest BCUT2D eigenvalue weighted by Crippen LogP contribution is -2.36. The molecular weight excluding hydrogens is 269 g/mol. The number of halogens is 4. The molecule has 1 amide bonds. The lowest BCUT2D eigenvalue weighted by Gasteiger charge is -2.16. The Morgan fingerprint density at radius 1 is 1.50 bits per heavy atom. The fourth-order valence-electron chi connectivity index (χ4n) is 1.47. The van der Waals surface area contributed by atoms with Gasteiger partial charge in [0.1, 0.15) is 0 Å². The number of carbonyl (C=O) groups is 1. The predicted octanol–water partition coefficient (Wildman–Crippen LogP) is 2.99. The minimum absolute atomic E-state index is 0.00630. The molecule has 0 saturated carbocycles. The number of benzene rings is 1. The summed E-state index contributed by atoms with van der Waals surface area (Å²) in [7, 11) is 0. The van der Waals surface area contributed by atoms with Crippen LogP contribution in [0.4, 0.5) is 18.9 Å². The normalized spacial score (nSPS) is 13.2. The fourth-order valence-corrected chi connectivity index (χ4v) is 1.74. The minimum Gasteiger partial charge on any atom is -0.398 e. The van der Waals surface area contributed by atoms with E-state index in [9.17, 15) is 18.0 Å². The van der Waals surface area contributed by atoms with Crippen molar-refractivity contribution in [3.8, 4) is 0 Å². The molecule has 0 aromatic heterocycles. The maximum atomic E-state index is 12.1. The van der Waals surface area contributed by atoms with Crippen LogP contribution in [0.3, 0.4) is 0 Å². The Balaban J connectivity index is 2.77. The summed E-state index contributed by atoms with van der Waals surface area (Å²) in [6.07, 6.45) is -5.44. The van der Waals surface area contributed by atoms with Gasteiger partial charge < -0.3 is 11.1 Å². The summed E-state index contributed by atoms with van der Waals surface area (Å²) in [5, 5.41) is 2.31. The standard InChI is InChI=1S/C11H12ClF3N2O/c1-6(5-11(13,14)15)17-10(18)9-7(12)3-2-4-8(9)16/h2-4,6H,5,16H2,1H3,(H,17,18). The van der Waals surface area contributed by atoms with Gasteiger partial charge in [0, 0.05) is 11.7 Å². The van der Waals surface area contributed by atoms with Gasteiger partial charge >= 0.3 is 6.18 Å². The van der Waals surface area contributed by atoms with Gasteiger partial charge in [0.25, 0.3) is 5.91 Å². The third-order valence-corrected chi connectivity index (χ3v) is 2.50. The van der Waals surface area contributed by atoms with Crippen LogP contribution < -0.4 is 11.1 Å². The molecule has 0 heterocycles. The van der Waals surface area contributed by atoms with Gasteiger partial charge in [-0.25, -0.2) is 0 Å². The van der Waals surface area contributed by atoms with E-state index < -0.39 is 24.5 Å². The molecule has 0 aliphatic heterocycles. The van der Waals surface area contributed by atoms with Crippen molar-refractivity contribution in [1.82, 2.24) is 5.32 Å². The molecular formula is C11H12ClF3N2O. The number of nitrogens with one attached hydrogen (secondary N) is 1. The molecule has 0 bridgehead atoms. The second-order valence-corrected chi connectivity index (χ2v) is 4.31. The summed E-state index contributed by atoms with van der Waals surface area (Å²) >= 11 is 5.78. The molecule has 1 aromatic rings. The van der Waals surface area contributed by atoms with Gasteiger partial charge in [-0.1, -0.05) is 17.7 Å². The first-order valence-corrected chi connectivity index (χ1v) is 5.50. The lowest BCUT2D eigenvalue weighted by molar-refractivity contribution is -0.138. The number of alkyl halides is 3. The highest BCUT2D eigenvalue weighted by Crippen LogP contribution is 2.24. The Bertz CT molecular complexity index is 428. The quantitative estimate of drug-likeness (QED) is 0.836. The number of hydrogen-bond acceptors (Lipinski definition) is 2. The van der Waals surface area contributed by atoms with Gasteiger partial charge in [0.05, 0.1) is 17.0 Å². The molecule has 1 atom stereocenters. The number of nitrogen functional groups attached to an aromatic ring is 1. The van der Waals surface area contributed by atoms with Gasteiger partial charge in [0.15, 0.2) is 0 Å². The van der Waals surface area contributed by atoms with E-state index in [4.69, 9.17) is 17.3 Å². The first-order chi connectivity index (χ1) is 8.20. The van der Waals surface area contributed by atoms with Crippen LogP contribution in [0.1, 0.15) is 23.7 Å². The van der Waals surface area contributed by atoms with Crippen molar-refractivity contribution in [2.45, 2.75) is 25.6 Å². The van der Waals surface area contributed by atoms with Gasteiger partial charge in [-0.05, 0) is 19.1 Å². The Labute approximate surface area is 107 Å². The summed E-state index contributed by atoms with van der Waals surface area (Å²) in [5.41, 5.74) is 5.68. The number of anilines is 1. The van der Waals surface area contributed by atoms with Crippen molar-refractivity contribution in [3.63, 3.8) is 0 Å². The summed E-state index contributed by atoms with van der Waals surface area (Å²) < 4.78 is 36.3. The predicted molar refractivity (Wildman–Crippen MR) is 63.5 cm³/mol. The molecule has 0 aliphatic carbocycles. The average molecular weight is 281 g/mol. The minimum atomic E-state index is -4.33. The van der Waals surface area contributed by atoms with Crippen molar-refractivity contribution in [3.05, 3.63) is 28.8 Å². The van der Waals surface area contributed by atoms with Crippen LogP contribution >= 0.6 is 11.6 Å². The second-order valence-electron chi connectivity index (χ2n) is 3.90. The molecule has 100 valence electrons. The first-order valence-electron chi connectivity index (χ1n) is 5.12. The third-order valence-electron chi connectivity index (χ3n) is 2.19. The van der Waals surface area contributed by atoms with Crippen LogP contribution in [0.25, 0.3) is 0 Å². The number of nitrogens with two attached hydrogens (primary N) is 1. The Kier molecular flexibility index (Phi) is 4.45. The van der Waals surface area contributed by atoms with Crippen molar-refractivity contribution >= 4 is 23.2 Å². The summed E-state index contributed by atoms with van der Waals surface area (Å²) in [5.74, 6) is -0.713. The molecule has 0 spiro atoms. The summed E-state index contributed by atoms with van der Waals surface area (Å²) in [4.78, 5) is 11.7. The average Bonchev–Trinajstić information content (AvgIpc) is 2.13. The highest BCUT2D eigenvalue weighted by Gasteiger charge is 2.31. The van der Waals surface area contributed by atoms with Crippen LogP contribution in [0.2, 0.25) is 5.02 Å². The molecule has 1 aromatic carbocycles. The zero-order chi connectivity index (χ0) is 13.9. The van der Waals surface area contributed by atoms with Crippen LogP contribution in [-0.4, -0.2) is 18.1 Å². The fraction of sp³-hybridized carbons (Fsp3) is 0.364. The van der Waals surface area contributed by atoms with Crippen LogP contribution in [0.15, 0.2) is 18.2 Å². The molecule has 0 fully saturated rings. The first kappa shape index (κ1) is 14.6. The van der Waals surface area contributed by atoms with Crippen LogP contribution in [0, 0.1) is 0 Å². The highest BCUT2D eigenvalue weighted by molar-refractivity contribution is 6.34. The number of carbonyl (C=O) groups excluding carboxylic acids is 1. The van der Waals surface area contributed by atoms with E-state index in [1.54, 1.807) is 6.07 Å². The maximum absolute atomic E-state index is 12.1. The highest BCUT2D eigenvalue weighted by atomic mass is 35.5. The second kappa shape index (κ2) is 5.48. The molecule has 1 rings (SSSR count). The van der Waals surface area contributed by atoms with E-state index in [1.807, 2.05) is 0 Å². The lowest BCUT2D eigenvalue weighted by atomic mass is 10.1. The number of hydrogen-bond donors (Lipinski definition) is 2. The van der Waals surface area contributed by atoms with Crippen molar-refractivity contribution in [2.75, 3.05) is 5.73 Å². The van der Waals surface area contributed by atoms with Crippen LogP contribution in [0.5, 0.6) is 0 Å². The molecule has 0 aliphatic rings. The van der Waals surface area contributed by atoms with E-state index >= 15 is 0 Å². The zero-order valence-electron chi connectivity index (χ0n) is 9.51. The zero-order valence-corrected chi connectivity index (χ0v) is 10.3. The van der Waals surface area contributed by atoms with Crippen molar-refractivity contribution in [2.24, 2.45) is 0 Å². The van der Waals surface area contributed by atoms with Crippen molar-refractivity contribution < 1.29 is 18.0 Å². The molecule has 3 nitrogen and oxygen atoms in total. The molecule has 1 unspecified atom stereocenters. The number of amides is 1. The molecule has 0 radical (unpaired) electrons. The SMILES string of the molecule is CC(CC(F)(F)F)NC(=O)c1c(N)cccc1Cl. The smallest absolute Gasteiger partial charge is 0.391 e. The molecule has 18 heavy (non-hydrogen) atoms. The van der Waals surface area contributed by atoms with Gasteiger partial charge in [-0.2, -0.15) is 13.2 Å². The van der Waals surface area contributed by atoms with E-state index in [0.29, 0.717) is 0 Å². The maximum Gasteiger partial charge on any atom is 0.391 e. The topological polar surface area (TPSA) is 55.1 Å². The van der Waals surface area contributed by atoms with E-state index in [1.165, 1.54) is 19.1 Å². The third kappa shape index (κ3) is 4.10. The summed E-state index contributed by atoms with van der Waals surface area (Å²) in [6, 6.07) is 3.40. The monoisotopic (exact) mass is 280 g/mol. The summed E-state index contributed by atoms with van der Waals surface area (Å²) in [6.45, 7) is 1.26. The Hall–Kier alpha value is -1.43. The van der Waals surface area contributed by atoms with Gasteiger partial charge in [0.2, 0.25) is 0 Å².